The monoisotopic (exact) mass is 334 g/mol. The van der Waals surface area contributed by atoms with Gasteiger partial charge in [0.05, 0.1) is 16.1 Å². The van der Waals surface area contributed by atoms with Crippen molar-refractivity contribution >= 4 is 35.1 Å². The van der Waals surface area contributed by atoms with Crippen LogP contribution in [-0.2, 0) is 0 Å². The molecule has 0 bridgehead atoms. The van der Waals surface area contributed by atoms with Crippen molar-refractivity contribution in [2.24, 2.45) is 0 Å². The molecular formula is C14H8Cl2N4O2. The summed E-state index contributed by atoms with van der Waals surface area (Å²) in [5.41, 5.74) is 0.909. The van der Waals surface area contributed by atoms with Gasteiger partial charge in [0.15, 0.2) is 0 Å². The zero-order valence-electron chi connectivity index (χ0n) is 11.0. The maximum Gasteiger partial charge on any atom is 0.322 e. The summed E-state index contributed by atoms with van der Waals surface area (Å²) < 4.78 is 5.36. The number of amides is 1. The van der Waals surface area contributed by atoms with Crippen molar-refractivity contribution in [1.82, 2.24) is 15.2 Å². The molecule has 0 unspecified atom stereocenters. The molecule has 0 aliphatic carbocycles. The fourth-order valence-corrected chi connectivity index (χ4v) is 2.21. The largest absolute Gasteiger partial charge is 0.403 e. The Labute approximate surface area is 135 Å². The van der Waals surface area contributed by atoms with Crippen LogP contribution in [0.5, 0.6) is 0 Å². The van der Waals surface area contributed by atoms with Crippen molar-refractivity contribution < 1.29 is 9.21 Å². The summed E-state index contributed by atoms with van der Waals surface area (Å²) in [6, 6.07) is 8.03. The van der Waals surface area contributed by atoms with Crippen molar-refractivity contribution in [3.63, 3.8) is 0 Å². The molecule has 0 fully saturated rings. The van der Waals surface area contributed by atoms with Gasteiger partial charge in [-0.2, -0.15) is 0 Å². The van der Waals surface area contributed by atoms with E-state index in [4.69, 9.17) is 27.6 Å². The summed E-state index contributed by atoms with van der Waals surface area (Å²) in [5, 5.41) is 10.8. The molecule has 2 heterocycles. The quantitative estimate of drug-likeness (QED) is 0.789. The van der Waals surface area contributed by atoms with Crippen LogP contribution in [0.25, 0.3) is 11.5 Å². The molecule has 0 saturated heterocycles. The predicted molar refractivity (Wildman–Crippen MR) is 81.9 cm³/mol. The lowest BCUT2D eigenvalue weighted by atomic mass is 10.2. The third-order valence-electron chi connectivity index (χ3n) is 2.73. The molecule has 1 aromatic carbocycles. The molecular weight excluding hydrogens is 327 g/mol. The van der Waals surface area contributed by atoms with Crippen LogP contribution < -0.4 is 5.32 Å². The molecule has 1 N–H and O–H groups in total. The van der Waals surface area contributed by atoms with E-state index >= 15 is 0 Å². The number of hydrogen-bond acceptors (Lipinski definition) is 5. The lowest BCUT2D eigenvalue weighted by Gasteiger charge is -2.03. The lowest BCUT2D eigenvalue weighted by molar-refractivity contribution is 0.102. The Balaban J connectivity index is 1.79. The molecule has 8 heteroatoms. The molecule has 3 rings (SSSR count). The van der Waals surface area contributed by atoms with Gasteiger partial charge < -0.3 is 4.42 Å². The SMILES string of the molecule is O=C(Nc1nnc(-c2cccnc2)o1)c1ccc(Cl)cc1Cl. The van der Waals surface area contributed by atoms with Crippen molar-refractivity contribution in [3.05, 3.63) is 58.3 Å². The molecule has 2 aromatic heterocycles. The van der Waals surface area contributed by atoms with Gasteiger partial charge in [0.1, 0.15) is 0 Å². The molecule has 3 aromatic rings. The van der Waals surface area contributed by atoms with Gasteiger partial charge >= 0.3 is 6.01 Å². The highest BCUT2D eigenvalue weighted by Crippen LogP contribution is 2.23. The van der Waals surface area contributed by atoms with Crippen molar-refractivity contribution in [2.75, 3.05) is 5.32 Å². The van der Waals surface area contributed by atoms with Gasteiger partial charge in [0.2, 0.25) is 0 Å². The van der Waals surface area contributed by atoms with E-state index in [0.717, 1.165) is 0 Å². The minimum Gasteiger partial charge on any atom is -0.403 e. The van der Waals surface area contributed by atoms with Crippen molar-refractivity contribution in [3.8, 4) is 11.5 Å². The fourth-order valence-electron chi connectivity index (χ4n) is 1.72. The molecule has 6 nitrogen and oxygen atoms in total. The number of carbonyl (C=O) groups excluding carboxylic acids is 1. The Bertz CT molecular complexity index is 821. The van der Waals surface area contributed by atoms with Crippen LogP contribution in [-0.4, -0.2) is 21.1 Å². The number of nitrogens with one attached hydrogen (secondary N) is 1. The molecule has 22 heavy (non-hydrogen) atoms. The van der Waals surface area contributed by atoms with Crippen LogP contribution in [0.2, 0.25) is 10.0 Å². The van der Waals surface area contributed by atoms with E-state index in [1.165, 1.54) is 12.1 Å². The molecule has 0 aliphatic heterocycles. The maximum atomic E-state index is 12.1. The van der Waals surface area contributed by atoms with Gasteiger partial charge in [-0.1, -0.05) is 28.3 Å². The Morgan fingerprint density at radius 1 is 1.18 bits per heavy atom. The van der Waals surface area contributed by atoms with Gasteiger partial charge in [-0.25, -0.2) is 0 Å². The zero-order valence-corrected chi connectivity index (χ0v) is 12.5. The normalized spacial score (nSPS) is 10.5. The Morgan fingerprint density at radius 2 is 2.05 bits per heavy atom. The maximum absolute atomic E-state index is 12.1. The van der Waals surface area contributed by atoms with E-state index in [2.05, 4.69) is 20.5 Å². The Morgan fingerprint density at radius 3 is 2.77 bits per heavy atom. The molecule has 0 spiro atoms. The second-order valence-corrected chi connectivity index (χ2v) is 5.08. The predicted octanol–water partition coefficient (Wildman–Crippen LogP) is 3.69. The zero-order chi connectivity index (χ0) is 15.5. The summed E-state index contributed by atoms with van der Waals surface area (Å²) in [4.78, 5) is 16.1. The number of hydrogen-bond donors (Lipinski definition) is 1. The van der Waals surface area contributed by atoms with Crippen molar-refractivity contribution in [2.45, 2.75) is 0 Å². The number of carbonyl (C=O) groups is 1. The smallest absolute Gasteiger partial charge is 0.322 e. The number of rotatable bonds is 3. The molecule has 0 radical (unpaired) electrons. The van der Waals surface area contributed by atoms with Crippen LogP contribution in [0.1, 0.15) is 10.4 Å². The summed E-state index contributed by atoms with van der Waals surface area (Å²) in [7, 11) is 0. The summed E-state index contributed by atoms with van der Waals surface area (Å²) in [6.45, 7) is 0. The highest BCUT2D eigenvalue weighted by Gasteiger charge is 2.15. The highest BCUT2D eigenvalue weighted by atomic mass is 35.5. The van der Waals surface area contributed by atoms with Crippen LogP contribution in [0, 0.1) is 0 Å². The minimum absolute atomic E-state index is 0.0325. The molecule has 0 aliphatic rings. The van der Waals surface area contributed by atoms with E-state index in [1.807, 2.05) is 0 Å². The standard InChI is InChI=1S/C14H8Cl2N4O2/c15-9-3-4-10(11(16)6-9)12(21)18-14-20-19-13(22-14)8-2-1-5-17-7-8/h1-7H,(H,18,20,21). The van der Waals surface area contributed by atoms with Gasteiger partial charge in [-0.3, -0.25) is 15.1 Å². The fraction of sp³-hybridized carbons (Fsp3) is 0. The number of halogens is 2. The number of benzene rings is 1. The highest BCUT2D eigenvalue weighted by molar-refractivity contribution is 6.37. The first-order chi connectivity index (χ1) is 10.6. The average molecular weight is 335 g/mol. The van der Waals surface area contributed by atoms with Gasteiger partial charge in [0.25, 0.3) is 11.8 Å². The Hall–Kier alpha value is -2.44. The minimum atomic E-state index is -0.469. The van der Waals surface area contributed by atoms with Crippen molar-refractivity contribution in [1.29, 1.82) is 0 Å². The van der Waals surface area contributed by atoms with Gasteiger partial charge in [-0.15, -0.1) is 5.10 Å². The Kier molecular flexibility index (Phi) is 4.04. The first kappa shape index (κ1) is 14.5. The third-order valence-corrected chi connectivity index (χ3v) is 3.28. The third kappa shape index (κ3) is 3.08. The first-order valence-corrected chi connectivity index (χ1v) is 6.89. The van der Waals surface area contributed by atoms with Gasteiger partial charge in [0, 0.05) is 17.4 Å². The molecule has 110 valence electrons. The van der Waals surface area contributed by atoms with E-state index in [-0.39, 0.29) is 22.5 Å². The van der Waals surface area contributed by atoms with E-state index < -0.39 is 5.91 Å². The van der Waals surface area contributed by atoms with Gasteiger partial charge in [-0.05, 0) is 30.3 Å². The van der Waals surface area contributed by atoms with E-state index in [9.17, 15) is 4.79 Å². The number of pyridine rings is 1. The van der Waals surface area contributed by atoms with Crippen LogP contribution in [0.15, 0.2) is 47.1 Å². The second-order valence-electron chi connectivity index (χ2n) is 4.23. The number of aromatic nitrogens is 3. The summed E-state index contributed by atoms with van der Waals surface area (Å²) in [6.07, 6.45) is 3.21. The first-order valence-electron chi connectivity index (χ1n) is 6.14. The van der Waals surface area contributed by atoms with E-state index in [0.29, 0.717) is 10.6 Å². The second kappa shape index (κ2) is 6.13. The summed E-state index contributed by atoms with van der Waals surface area (Å²) >= 11 is 11.8. The molecule has 0 atom stereocenters. The number of nitrogens with zero attached hydrogens (tertiary/aromatic N) is 3. The summed E-state index contributed by atoms with van der Waals surface area (Å²) in [5.74, 6) is -0.214. The van der Waals surface area contributed by atoms with E-state index in [1.54, 1.807) is 30.6 Å². The van der Waals surface area contributed by atoms with Crippen LogP contribution in [0.3, 0.4) is 0 Å². The topological polar surface area (TPSA) is 80.9 Å². The average Bonchev–Trinajstić information content (AvgIpc) is 2.96. The van der Waals surface area contributed by atoms with Crippen LogP contribution in [0.4, 0.5) is 6.01 Å². The van der Waals surface area contributed by atoms with Crippen LogP contribution >= 0.6 is 23.2 Å². The number of anilines is 1. The molecule has 0 saturated carbocycles. The molecule has 1 amide bonds. The lowest BCUT2D eigenvalue weighted by Crippen LogP contribution is -2.12.